The second-order valence-electron chi connectivity index (χ2n) is 4.78. The second kappa shape index (κ2) is 7.87. The van der Waals surface area contributed by atoms with E-state index in [1.165, 1.54) is 0 Å². The predicted molar refractivity (Wildman–Crippen MR) is 78.4 cm³/mol. The van der Waals surface area contributed by atoms with Gasteiger partial charge < -0.3 is 20.5 Å². The van der Waals surface area contributed by atoms with Crippen molar-refractivity contribution < 1.29 is 14.6 Å². The number of carbonyl (C=O) groups excluding carboxylic acids is 1. The zero-order valence-corrected chi connectivity index (χ0v) is 12.4. The Morgan fingerprint density at radius 1 is 1.50 bits per heavy atom. The Hall–Kier alpha value is -1.59. The first-order valence-corrected chi connectivity index (χ1v) is 6.85. The molecule has 3 N–H and O–H groups in total. The summed E-state index contributed by atoms with van der Waals surface area (Å²) < 4.78 is 4.95. The molecule has 0 aromatic heterocycles. The number of hydrogen-bond donors (Lipinski definition) is 2. The third-order valence-electron chi connectivity index (χ3n) is 3.39. The molecule has 5 nitrogen and oxygen atoms in total. The van der Waals surface area contributed by atoms with Gasteiger partial charge in [-0.2, -0.15) is 0 Å². The molecule has 20 heavy (non-hydrogen) atoms. The molecule has 0 aliphatic rings. The number of methoxy groups -OCH3 is 1. The number of benzene rings is 1. The van der Waals surface area contributed by atoms with Gasteiger partial charge in [0.25, 0.3) is 0 Å². The van der Waals surface area contributed by atoms with E-state index < -0.39 is 6.04 Å². The number of phenolic OH excluding ortho intramolecular Hbond substituents is 1. The van der Waals surface area contributed by atoms with Crippen LogP contribution in [-0.2, 0) is 9.53 Å². The maximum absolute atomic E-state index is 12.4. The molecule has 0 bridgehead atoms. The van der Waals surface area contributed by atoms with Crippen molar-refractivity contribution >= 4 is 5.91 Å². The minimum absolute atomic E-state index is 0.0969. The summed E-state index contributed by atoms with van der Waals surface area (Å²) in [5.74, 6) is 0.0990. The van der Waals surface area contributed by atoms with Crippen molar-refractivity contribution in [2.24, 2.45) is 5.73 Å². The lowest BCUT2D eigenvalue weighted by molar-refractivity contribution is -0.135. The first kappa shape index (κ1) is 16.5. The number of nitrogens with two attached hydrogens (primary N) is 1. The molecule has 2 atom stereocenters. The van der Waals surface area contributed by atoms with Crippen LogP contribution in [0.25, 0.3) is 0 Å². The molecule has 1 rings (SSSR count). The fourth-order valence-electron chi connectivity index (χ4n) is 2.17. The summed E-state index contributed by atoms with van der Waals surface area (Å²) in [6.07, 6.45) is 0.499. The topological polar surface area (TPSA) is 75.8 Å². The van der Waals surface area contributed by atoms with E-state index in [2.05, 4.69) is 0 Å². The van der Waals surface area contributed by atoms with Gasteiger partial charge in [-0.1, -0.05) is 12.1 Å². The first-order chi connectivity index (χ1) is 9.51. The predicted octanol–water partition coefficient (Wildman–Crippen LogP) is 1.67. The molecule has 0 aliphatic heterocycles. The highest BCUT2D eigenvalue weighted by Gasteiger charge is 2.24. The minimum Gasteiger partial charge on any atom is -0.508 e. The SMILES string of the molecule is CCN(C(=O)C(N)CCOC)C(C)c1cccc(O)c1. The van der Waals surface area contributed by atoms with Gasteiger partial charge in [-0.15, -0.1) is 0 Å². The number of amides is 1. The van der Waals surface area contributed by atoms with Crippen molar-refractivity contribution in [3.05, 3.63) is 29.8 Å². The number of likely N-dealkylation sites (N-methyl/N-ethyl adjacent to an activating group) is 1. The van der Waals surface area contributed by atoms with E-state index in [0.29, 0.717) is 19.6 Å². The van der Waals surface area contributed by atoms with Gasteiger partial charge in [0.1, 0.15) is 5.75 Å². The molecule has 0 radical (unpaired) electrons. The standard InChI is InChI=1S/C15H24N2O3/c1-4-17(15(19)14(16)8-9-20-3)11(2)12-6-5-7-13(18)10-12/h5-7,10-11,14,18H,4,8-9,16H2,1-3H3. The van der Waals surface area contributed by atoms with Crippen molar-refractivity contribution in [1.29, 1.82) is 0 Å². The molecule has 0 aliphatic carbocycles. The van der Waals surface area contributed by atoms with Crippen LogP contribution in [0.5, 0.6) is 5.75 Å². The lowest BCUT2D eigenvalue weighted by Crippen LogP contribution is -2.45. The molecule has 1 aromatic carbocycles. The Labute approximate surface area is 120 Å². The van der Waals surface area contributed by atoms with Crippen LogP contribution in [-0.4, -0.2) is 42.2 Å². The third-order valence-corrected chi connectivity index (χ3v) is 3.39. The molecule has 0 saturated heterocycles. The van der Waals surface area contributed by atoms with Gasteiger partial charge in [-0.3, -0.25) is 4.79 Å². The summed E-state index contributed by atoms with van der Waals surface area (Å²) in [4.78, 5) is 14.1. The Morgan fingerprint density at radius 3 is 2.75 bits per heavy atom. The van der Waals surface area contributed by atoms with Gasteiger partial charge in [0.05, 0.1) is 12.1 Å². The number of ether oxygens (including phenoxy) is 1. The van der Waals surface area contributed by atoms with Crippen LogP contribution in [0.4, 0.5) is 0 Å². The van der Waals surface area contributed by atoms with E-state index >= 15 is 0 Å². The van der Waals surface area contributed by atoms with Gasteiger partial charge in [0, 0.05) is 20.3 Å². The zero-order valence-electron chi connectivity index (χ0n) is 12.4. The molecule has 1 amide bonds. The Bertz CT molecular complexity index is 437. The Kier molecular flexibility index (Phi) is 6.48. The largest absolute Gasteiger partial charge is 0.508 e. The van der Waals surface area contributed by atoms with Crippen LogP contribution in [0.3, 0.4) is 0 Å². The van der Waals surface area contributed by atoms with E-state index in [0.717, 1.165) is 5.56 Å². The van der Waals surface area contributed by atoms with Gasteiger partial charge in [0.2, 0.25) is 5.91 Å². The molecular formula is C15H24N2O3. The number of phenols is 1. The van der Waals surface area contributed by atoms with E-state index in [1.54, 1.807) is 30.2 Å². The van der Waals surface area contributed by atoms with E-state index in [4.69, 9.17) is 10.5 Å². The molecule has 1 aromatic rings. The number of rotatable bonds is 7. The summed E-state index contributed by atoms with van der Waals surface area (Å²) >= 11 is 0. The van der Waals surface area contributed by atoms with Crippen molar-refractivity contribution in [2.75, 3.05) is 20.3 Å². The summed E-state index contributed by atoms with van der Waals surface area (Å²) in [7, 11) is 1.59. The van der Waals surface area contributed by atoms with Crippen molar-refractivity contribution in [3.8, 4) is 5.75 Å². The number of hydrogen-bond acceptors (Lipinski definition) is 4. The van der Waals surface area contributed by atoms with E-state index in [-0.39, 0.29) is 17.7 Å². The highest BCUT2D eigenvalue weighted by molar-refractivity contribution is 5.82. The van der Waals surface area contributed by atoms with Crippen LogP contribution < -0.4 is 5.73 Å². The average Bonchev–Trinajstić information content (AvgIpc) is 2.45. The maximum Gasteiger partial charge on any atom is 0.240 e. The summed E-state index contributed by atoms with van der Waals surface area (Å²) in [6, 6.07) is 6.24. The smallest absolute Gasteiger partial charge is 0.240 e. The molecular weight excluding hydrogens is 256 g/mol. The molecule has 2 unspecified atom stereocenters. The first-order valence-electron chi connectivity index (χ1n) is 6.85. The van der Waals surface area contributed by atoms with Gasteiger partial charge in [-0.05, 0) is 38.0 Å². The quantitative estimate of drug-likeness (QED) is 0.796. The molecule has 0 spiro atoms. The lowest BCUT2D eigenvalue weighted by atomic mass is 10.0. The molecule has 5 heteroatoms. The van der Waals surface area contributed by atoms with E-state index in [1.807, 2.05) is 19.9 Å². The fourth-order valence-corrected chi connectivity index (χ4v) is 2.17. The normalized spacial score (nSPS) is 13.8. The van der Waals surface area contributed by atoms with Crippen LogP contribution in [0.2, 0.25) is 0 Å². The number of carbonyl (C=O) groups is 1. The van der Waals surface area contributed by atoms with E-state index in [9.17, 15) is 9.90 Å². The van der Waals surface area contributed by atoms with Crippen molar-refractivity contribution in [1.82, 2.24) is 4.90 Å². The Balaban J connectivity index is 2.81. The van der Waals surface area contributed by atoms with Crippen LogP contribution in [0, 0.1) is 0 Å². The summed E-state index contributed by atoms with van der Waals surface area (Å²) in [5, 5.41) is 9.54. The van der Waals surface area contributed by atoms with Gasteiger partial charge in [-0.25, -0.2) is 0 Å². The molecule has 0 fully saturated rings. The minimum atomic E-state index is -0.561. The average molecular weight is 280 g/mol. The third kappa shape index (κ3) is 4.21. The Morgan fingerprint density at radius 2 is 2.20 bits per heavy atom. The van der Waals surface area contributed by atoms with Crippen LogP contribution in [0.15, 0.2) is 24.3 Å². The summed E-state index contributed by atoms with van der Waals surface area (Å²) in [6.45, 7) is 4.88. The highest BCUT2D eigenvalue weighted by Crippen LogP contribution is 2.23. The monoisotopic (exact) mass is 280 g/mol. The second-order valence-corrected chi connectivity index (χ2v) is 4.78. The van der Waals surface area contributed by atoms with Crippen LogP contribution in [0.1, 0.15) is 31.9 Å². The zero-order chi connectivity index (χ0) is 15.1. The van der Waals surface area contributed by atoms with Crippen molar-refractivity contribution in [2.45, 2.75) is 32.4 Å². The molecule has 0 saturated carbocycles. The maximum atomic E-state index is 12.4. The summed E-state index contributed by atoms with van der Waals surface area (Å²) in [5.41, 5.74) is 6.79. The van der Waals surface area contributed by atoms with Crippen LogP contribution >= 0.6 is 0 Å². The van der Waals surface area contributed by atoms with Gasteiger partial charge in [0.15, 0.2) is 0 Å². The molecule has 112 valence electrons. The van der Waals surface area contributed by atoms with Gasteiger partial charge >= 0.3 is 0 Å². The highest BCUT2D eigenvalue weighted by atomic mass is 16.5. The number of aromatic hydroxyl groups is 1. The lowest BCUT2D eigenvalue weighted by Gasteiger charge is -2.30. The van der Waals surface area contributed by atoms with Crippen molar-refractivity contribution in [3.63, 3.8) is 0 Å². The fraction of sp³-hybridized carbons (Fsp3) is 0.533. The molecule has 0 heterocycles. The number of nitrogens with zero attached hydrogens (tertiary/aromatic N) is 1.